The van der Waals surface area contributed by atoms with Gasteiger partial charge in [-0.15, -0.1) is 12.4 Å². The Morgan fingerprint density at radius 3 is 3.07 bits per heavy atom. The molecule has 0 amide bonds. The zero-order chi connectivity index (χ0) is 12.5. The average molecular weight is 235 g/mol. The molecule has 2 N–H and O–H groups in total. The van der Waals surface area contributed by atoms with Crippen molar-refractivity contribution in [3.05, 3.63) is 23.8 Å². The second-order valence-corrected chi connectivity index (χ2v) is 2.95. The molecule has 0 saturated heterocycles. The molecule has 0 radical (unpaired) electrons. The molecule has 1 heterocycles. The highest BCUT2D eigenvalue weighted by Gasteiger charge is 2.16. The topological polar surface area (TPSA) is 53.7 Å². The van der Waals surface area contributed by atoms with Crippen LogP contribution in [0.25, 0.3) is 0 Å². The van der Waals surface area contributed by atoms with Crippen molar-refractivity contribution in [3.63, 3.8) is 0 Å². The van der Waals surface area contributed by atoms with Crippen molar-refractivity contribution in [1.82, 2.24) is 0 Å². The number of hydrogen-bond donors (Lipinski definition) is 1. The third-order valence-corrected chi connectivity index (χ3v) is 2.12. The lowest BCUT2D eigenvalue weighted by molar-refractivity contribution is 0.110. The highest BCUT2D eigenvalue weighted by atomic mass is 35.5. The molecule has 2 rings (SSSR count). The number of benzene rings is 1. The molecule has 1 aromatic carbocycles. The van der Waals surface area contributed by atoms with Crippen LogP contribution in [-0.2, 0) is 4.74 Å². The zero-order valence-corrected chi connectivity index (χ0v) is 8.75. The zero-order valence-electron chi connectivity index (χ0n) is 10.9. The largest absolute Gasteiger partial charge is 0.454 e. The van der Waals surface area contributed by atoms with Crippen LogP contribution in [0.5, 0.6) is 11.5 Å². The van der Waals surface area contributed by atoms with E-state index in [9.17, 15) is 0 Å². The van der Waals surface area contributed by atoms with Gasteiger partial charge in [0, 0.05) is 13.6 Å². The van der Waals surface area contributed by atoms with Crippen molar-refractivity contribution >= 4 is 12.4 Å². The second kappa shape index (κ2) is 5.21. The number of ether oxygens (including phenoxy) is 3. The molecule has 5 heteroatoms. The number of rotatable bonds is 3. The normalized spacial score (nSPS) is 18.3. The molecule has 0 fully saturated rings. The number of nitrogens with two attached hydrogens (primary N) is 1. The van der Waals surface area contributed by atoms with Crippen LogP contribution in [0.4, 0.5) is 0 Å². The highest BCUT2D eigenvalue weighted by molar-refractivity contribution is 5.85. The van der Waals surface area contributed by atoms with Gasteiger partial charge in [-0.1, -0.05) is 6.07 Å². The first-order chi connectivity index (χ1) is 7.99. The third kappa shape index (κ3) is 2.34. The second-order valence-electron chi connectivity index (χ2n) is 2.95. The van der Waals surface area contributed by atoms with Crippen LogP contribution in [0.3, 0.4) is 0 Å². The minimum atomic E-state index is -2.47. The summed E-state index contributed by atoms with van der Waals surface area (Å²) < 4.78 is 36.5. The van der Waals surface area contributed by atoms with Gasteiger partial charge in [0.15, 0.2) is 11.5 Å². The summed E-state index contributed by atoms with van der Waals surface area (Å²) in [5.41, 5.74) is 6.17. The molecule has 0 saturated carbocycles. The minimum Gasteiger partial charge on any atom is -0.454 e. The van der Waals surface area contributed by atoms with Gasteiger partial charge in [0.05, 0.1) is 10.2 Å². The van der Waals surface area contributed by atoms with Crippen molar-refractivity contribution < 1.29 is 18.3 Å². The molecule has 0 spiro atoms. The lowest BCUT2D eigenvalue weighted by atomic mass is 10.1. The highest BCUT2D eigenvalue weighted by Crippen LogP contribution is 2.34. The molecule has 4 nitrogen and oxygen atoms in total. The van der Waals surface area contributed by atoms with E-state index in [0.717, 1.165) is 0 Å². The fourth-order valence-corrected chi connectivity index (χ4v) is 1.37. The summed E-state index contributed by atoms with van der Waals surface area (Å²) in [5, 5.41) is 0. The molecule has 84 valence electrons. The van der Waals surface area contributed by atoms with Gasteiger partial charge in [-0.3, -0.25) is 0 Å². The maximum absolute atomic E-state index is 7.07. The van der Waals surface area contributed by atoms with Gasteiger partial charge in [-0.2, -0.15) is 0 Å². The molecule has 1 atom stereocenters. The Kier molecular flexibility index (Phi) is 2.85. The lowest BCUT2D eigenvalue weighted by Crippen LogP contribution is -2.13. The molecular weight excluding hydrogens is 218 g/mol. The standard InChI is InChI=1S/C10H13NO3.ClH/c1-12-10(5-11)7-2-3-8-9(4-7)14-6-13-8;/h2-4,10H,5-6,11H2,1H3;1H/i1D3;. The summed E-state index contributed by atoms with van der Waals surface area (Å²) in [7, 11) is -2.47. The average Bonchev–Trinajstić information content (AvgIpc) is 2.71. The van der Waals surface area contributed by atoms with Crippen molar-refractivity contribution in [2.24, 2.45) is 5.73 Å². The van der Waals surface area contributed by atoms with E-state index < -0.39 is 13.1 Å². The molecule has 15 heavy (non-hydrogen) atoms. The van der Waals surface area contributed by atoms with Crippen LogP contribution in [0.2, 0.25) is 0 Å². The summed E-state index contributed by atoms with van der Waals surface area (Å²) in [6.07, 6.45) is -0.683. The quantitative estimate of drug-likeness (QED) is 0.861. The van der Waals surface area contributed by atoms with Crippen molar-refractivity contribution in [2.45, 2.75) is 6.10 Å². The van der Waals surface area contributed by atoms with Gasteiger partial charge in [0.2, 0.25) is 6.79 Å². The summed E-state index contributed by atoms with van der Waals surface area (Å²) in [5.74, 6) is 1.22. The first-order valence-electron chi connectivity index (χ1n) is 5.77. The van der Waals surface area contributed by atoms with Gasteiger partial charge in [0.1, 0.15) is 0 Å². The minimum absolute atomic E-state index is 0. The monoisotopic (exact) mass is 234 g/mol. The Bertz CT molecular complexity index is 414. The molecule has 1 aromatic rings. The number of fused-ring (bicyclic) bond motifs is 1. The summed E-state index contributed by atoms with van der Waals surface area (Å²) in [6.45, 7) is 0.254. The van der Waals surface area contributed by atoms with Crippen LogP contribution < -0.4 is 15.2 Å². The Morgan fingerprint density at radius 1 is 1.53 bits per heavy atom. The van der Waals surface area contributed by atoms with E-state index in [-0.39, 0.29) is 25.7 Å². The summed E-state index contributed by atoms with van der Waals surface area (Å²) in [6, 6.07) is 5.12. The number of halogens is 1. The van der Waals surface area contributed by atoms with Crippen molar-refractivity contribution in [2.75, 3.05) is 20.4 Å². The fourth-order valence-electron chi connectivity index (χ4n) is 1.37. The SMILES string of the molecule is Cl.[2H]C([2H])([2H])OC(CN)c1ccc2c(c1)OCO2. The van der Waals surface area contributed by atoms with Crippen LogP contribution in [0.1, 0.15) is 15.8 Å². The number of methoxy groups -OCH3 is 1. The Labute approximate surface area is 98.9 Å². The van der Waals surface area contributed by atoms with Crippen molar-refractivity contribution in [1.29, 1.82) is 0 Å². The predicted molar refractivity (Wildman–Crippen MR) is 58.6 cm³/mol. The van der Waals surface area contributed by atoms with Gasteiger partial charge < -0.3 is 19.9 Å². The third-order valence-electron chi connectivity index (χ3n) is 2.12. The van der Waals surface area contributed by atoms with E-state index in [0.29, 0.717) is 17.1 Å². The van der Waals surface area contributed by atoms with E-state index in [1.807, 2.05) is 0 Å². The Hall–Kier alpha value is -0.970. The van der Waals surface area contributed by atoms with Crippen LogP contribution in [0, 0.1) is 0 Å². The van der Waals surface area contributed by atoms with E-state index in [1.54, 1.807) is 18.2 Å². The van der Waals surface area contributed by atoms with Crippen LogP contribution >= 0.6 is 12.4 Å². The van der Waals surface area contributed by atoms with Gasteiger partial charge in [-0.25, -0.2) is 0 Å². The van der Waals surface area contributed by atoms with Crippen LogP contribution in [0.15, 0.2) is 18.2 Å². The first kappa shape index (κ1) is 8.21. The molecule has 0 aromatic heterocycles. The van der Waals surface area contributed by atoms with Gasteiger partial charge in [0.25, 0.3) is 0 Å². The smallest absolute Gasteiger partial charge is 0.231 e. The first-order valence-corrected chi connectivity index (χ1v) is 4.27. The molecular formula is C10H14ClNO3. The predicted octanol–water partition coefficient (Wildman–Crippen LogP) is 1.48. The van der Waals surface area contributed by atoms with E-state index >= 15 is 0 Å². The molecule has 1 aliphatic rings. The maximum Gasteiger partial charge on any atom is 0.231 e. The van der Waals surface area contributed by atoms with E-state index in [2.05, 4.69) is 0 Å². The fraction of sp³-hybridized carbons (Fsp3) is 0.400. The Morgan fingerprint density at radius 2 is 2.33 bits per heavy atom. The molecule has 0 aliphatic carbocycles. The van der Waals surface area contributed by atoms with Crippen molar-refractivity contribution in [3.8, 4) is 11.5 Å². The lowest BCUT2D eigenvalue weighted by Gasteiger charge is -2.13. The summed E-state index contributed by atoms with van der Waals surface area (Å²) in [4.78, 5) is 0. The Balaban J connectivity index is 0.00000162. The van der Waals surface area contributed by atoms with E-state index in [4.69, 9.17) is 24.1 Å². The molecule has 0 bridgehead atoms. The van der Waals surface area contributed by atoms with Crippen LogP contribution in [-0.4, -0.2) is 20.4 Å². The molecule has 1 unspecified atom stereocenters. The van der Waals surface area contributed by atoms with E-state index in [1.165, 1.54) is 0 Å². The maximum atomic E-state index is 7.07. The number of hydrogen-bond acceptors (Lipinski definition) is 4. The molecule has 1 aliphatic heterocycles. The van der Waals surface area contributed by atoms with Gasteiger partial charge in [-0.05, 0) is 17.7 Å². The summed E-state index contributed by atoms with van der Waals surface area (Å²) >= 11 is 0. The van der Waals surface area contributed by atoms with Gasteiger partial charge >= 0.3 is 0 Å².